The van der Waals surface area contributed by atoms with Crippen LogP contribution in [0.5, 0.6) is 5.75 Å². The summed E-state index contributed by atoms with van der Waals surface area (Å²) in [6.45, 7) is 3.04. The lowest BCUT2D eigenvalue weighted by Gasteiger charge is -2.06. The van der Waals surface area contributed by atoms with Gasteiger partial charge in [0.1, 0.15) is 5.75 Å². The minimum atomic E-state index is 0.737. The molecule has 0 heterocycles. The van der Waals surface area contributed by atoms with Crippen LogP contribution in [0.2, 0.25) is 5.02 Å². The van der Waals surface area contributed by atoms with E-state index in [0.29, 0.717) is 0 Å². The fourth-order valence-corrected chi connectivity index (χ4v) is 1.81. The maximum atomic E-state index is 5.86. The van der Waals surface area contributed by atoms with Crippen LogP contribution in [0.4, 0.5) is 0 Å². The molecule has 0 bridgehead atoms. The van der Waals surface area contributed by atoms with Gasteiger partial charge in [-0.05, 0) is 24.6 Å². The van der Waals surface area contributed by atoms with Gasteiger partial charge in [-0.2, -0.15) is 0 Å². The number of rotatable bonds is 8. The van der Waals surface area contributed by atoms with Gasteiger partial charge in [0.15, 0.2) is 0 Å². The molecule has 0 fully saturated rings. The van der Waals surface area contributed by atoms with Crippen LogP contribution in [0, 0.1) is 0 Å². The zero-order valence-electron chi connectivity index (χ0n) is 10.0. The smallest absolute Gasteiger partial charge is 0.120 e. The van der Waals surface area contributed by atoms with Gasteiger partial charge in [0.2, 0.25) is 0 Å². The maximum Gasteiger partial charge on any atom is 0.120 e. The highest BCUT2D eigenvalue weighted by Crippen LogP contribution is 2.17. The van der Waals surface area contributed by atoms with E-state index in [9.17, 15) is 0 Å². The Morgan fingerprint density at radius 1 is 1.06 bits per heavy atom. The third kappa shape index (κ3) is 6.02. The monoisotopic (exact) mass is 240 g/mol. The van der Waals surface area contributed by atoms with E-state index >= 15 is 0 Å². The molecule has 1 aromatic rings. The predicted octanol–water partition coefficient (Wildman–Crippen LogP) is 5.08. The minimum absolute atomic E-state index is 0.737. The van der Waals surface area contributed by atoms with E-state index in [1.165, 1.54) is 32.1 Å². The van der Waals surface area contributed by atoms with Gasteiger partial charge in [0.05, 0.1) is 6.61 Å². The van der Waals surface area contributed by atoms with Crippen molar-refractivity contribution in [2.24, 2.45) is 0 Å². The normalized spacial score (nSPS) is 10.4. The molecule has 90 valence electrons. The van der Waals surface area contributed by atoms with E-state index in [0.717, 1.165) is 23.8 Å². The quantitative estimate of drug-likeness (QED) is 0.576. The molecule has 0 unspecified atom stereocenters. The minimum Gasteiger partial charge on any atom is -0.494 e. The highest BCUT2D eigenvalue weighted by molar-refractivity contribution is 6.30. The molecule has 2 heteroatoms. The van der Waals surface area contributed by atoms with Crippen molar-refractivity contribution < 1.29 is 4.74 Å². The first-order valence-corrected chi connectivity index (χ1v) is 6.59. The Balaban J connectivity index is 2.03. The fourth-order valence-electron chi connectivity index (χ4n) is 1.63. The summed E-state index contributed by atoms with van der Waals surface area (Å²) in [6.07, 6.45) is 7.74. The Kier molecular flexibility index (Phi) is 7.07. The zero-order chi connectivity index (χ0) is 11.6. The Labute approximate surface area is 104 Å². The molecule has 0 saturated heterocycles. The Bertz CT molecular complexity index is 286. The summed E-state index contributed by atoms with van der Waals surface area (Å²) in [4.78, 5) is 0. The molecule has 0 N–H and O–H groups in total. The second kappa shape index (κ2) is 8.46. The molecule has 0 saturated carbocycles. The van der Waals surface area contributed by atoms with Gasteiger partial charge in [-0.15, -0.1) is 0 Å². The highest BCUT2D eigenvalue weighted by Gasteiger charge is 1.95. The number of ether oxygens (including phenoxy) is 1. The summed E-state index contributed by atoms with van der Waals surface area (Å²) in [5, 5.41) is 0.737. The van der Waals surface area contributed by atoms with Crippen molar-refractivity contribution >= 4 is 11.6 Å². The summed E-state index contributed by atoms with van der Waals surface area (Å²) in [6, 6.07) is 7.58. The largest absolute Gasteiger partial charge is 0.494 e. The van der Waals surface area contributed by atoms with Gasteiger partial charge in [-0.25, -0.2) is 0 Å². The Morgan fingerprint density at radius 3 is 2.56 bits per heavy atom. The van der Waals surface area contributed by atoms with Crippen LogP contribution in [-0.2, 0) is 0 Å². The van der Waals surface area contributed by atoms with Crippen LogP contribution in [0.1, 0.15) is 45.4 Å². The van der Waals surface area contributed by atoms with E-state index in [1.807, 2.05) is 24.3 Å². The summed E-state index contributed by atoms with van der Waals surface area (Å²) >= 11 is 5.86. The molecule has 0 amide bonds. The number of halogens is 1. The molecule has 0 radical (unpaired) electrons. The van der Waals surface area contributed by atoms with Crippen molar-refractivity contribution in [3.05, 3.63) is 29.3 Å². The first-order chi connectivity index (χ1) is 7.83. The molecule has 1 rings (SSSR count). The topological polar surface area (TPSA) is 9.23 Å². The molecule has 0 aromatic heterocycles. The van der Waals surface area contributed by atoms with Crippen molar-refractivity contribution in [1.82, 2.24) is 0 Å². The number of unbranched alkanes of at least 4 members (excludes halogenated alkanes) is 5. The van der Waals surface area contributed by atoms with Crippen LogP contribution in [0.15, 0.2) is 24.3 Å². The lowest BCUT2D eigenvalue weighted by Crippen LogP contribution is -1.97. The summed E-state index contributed by atoms with van der Waals surface area (Å²) in [5.74, 6) is 0.876. The molecule has 0 aliphatic carbocycles. The maximum absolute atomic E-state index is 5.86. The molecular formula is C14H21ClO. The number of hydrogen-bond donors (Lipinski definition) is 0. The average Bonchev–Trinajstić information content (AvgIpc) is 2.28. The van der Waals surface area contributed by atoms with Crippen molar-refractivity contribution in [3.63, 3.8) is 0 Å². The van der Waals surface area contributed by atoms with Gasteiger partial charge < -0.3 is 4.74 Å². The SMILES string of the molecule is CCCCCCCCOc1cccc(Cl)c1. The second-order valence-corrected chi connectivity index (χ2v) is 4.51. The third-order valence-corrected chi connectivity index (χ3v) is 2.80. The van der Waals surface area contributed by atoms with Crippen LogP contribution >= 0.6 is 11.6 Å². The fraction of sp³-hybridized carbons (Fsp3) is 0.571. The molecule has 0 atom stereocenters. The van der Waals surface area contributed by atoms with Crippen LogP contribution < -0.4 is 4.74 Å². The van der Waals surface area contributed by atoms with Crippen molar-refractivity contribution in [2.45, 2.75) is 45.4 Å². The summed E-state index contributed by atoms with van der Waals surface area (Å²) in [7, 11) is 0. The van der Waals surface area contributed by atoms with Crippen LogP contribution in [-0.4, -0.2) is 6.61 Å². The average molecular weight is 241 g/mol. The first-order valence-electron chi connectivity index (χ1n) is 6.21. The van der Waals surface area contributed by atoms with E-state index in [4.69, 9.17) is 16.3 Å². The molecule has 1 nitrogen and oxygen atoms in total. The Morgan fingerprint density at radius 2 is 1.81 bits per heavy atom. The van der Waals surface area contributed by atoms with E-state index < -0.39 is 0 Å². The third-order valence-electron chi connectivity index (χ3n) is 2.56. The molecule has 1 aromatic carbocycles. The van der Waals surface area contributed by atoms with Gasteiger partial charge in [-0.3, -0.25) is 0 Å². The number of hydrogen-bond acceptors (Lipinski definition) is 1. The predicted molar refractivity (Wildman–Crippen MR) is 70.3 cm³/mol. The van der Waals surface area contributed by atoms with E-state index in [2.05, 4.69) is 6.92 Å². The van der Waals surface area contributed by atoms with Crippen molar-refractivity contribution in [1.29, 1.82) is 0 Å². The van der Waals surface area contributed by atoms with Crippen LogP contribution in [0.25, 0.3) is 0 Å². The summed E-state index contributed by atoms with van der Waals surface area (Å²) < 4.78 is 5.61. The van der Waals surface area contributed by atoms with Gasteiger partial charge >= 0.3 is 0 Å². The molecule has 0 spiro atoms. The molecule has 16 heavy (non-hydrogen) atoms. The van der Waals surface area contributed by atoms with Gasteiger partial charge in [-0.1, -0.05) is 56.7 Å². The summed E-state index contributed by atoms with van der Waals surface area (Å²) in [5.41, 5.74) is 0. The Hall–Kier alpha value is -0.690. The zero-order valence-corrected chi connectivity index (χ0v) is 10.8. The lowest BCUT2D eigenvalue weighted by molar-refractivity contribution is 0.304. The first kappa shape index (κ1) is 13.4. The highest BCUT2D eigenvalue weighted by atomic mass is 35.5. The number of benzene rings is 1. The standard InChI is InChI=1S/C14H21ClO/c1-2-3-4-5-6-7-11-16-14-10-8-9-13(15)12-14/h8-10,12H,2-7,11H2,1H3. The van der Waals surface area contributed by atoms with Crippen LogP contribution in [0.3, 0.4) is 0 Å². The van der Waals surface area contributed by atoms with E-state index in [1.54, 1.807) is 0 Å². The van der Waals surface area contributed by atoms with Crippen molar-refractivity contribution in [2.75, 3.05) is 6.61 Å². The molecule has 0 aliphatic rings. The van der Waals surface area contributed by atoms with Gasteiger partial charge in [0, 0.05) is 5.02 Å². The lowest BCUT2D eigenvalue weighted by atomic mass is 10.1. The molecular weight excluding hydrogens is 220 g/mol. The van der Waals surface area contributed by atoms with Crippen molar-refractivity contribution in [3.8, 4) is 5.75 Å². The van der Waals surface area contributed by atoms with E-state index in [-0.39, 0.29) is 0 Å². The second-order valence-electron chi connectivity index (χ2n) is 4.07. The molecule has 0 aliphatic heterocycles. The van der Waals surface area contributed by atoms with Gasteiger partial charge in [0.25, 0.3) is 0 Å².